The zero-order valence-corrected chi connectivity index (χ0v) is 15.1. The lowest BCUT2D eigenvalue weighted by atomic mass is 10.2. The molecule has 0 spiro atoms. The Morgan fingerprint density at radius 3 is 2.72 bits per heavy atom. The fraction of sp³-hybridized carbons (Fsp3) is 0.176. The van der Waals surface area contributed by atoms with Gasteiger partial charge in [-0.15, -0.1) is 5.10 Å². The van der Waals surface area contributed by atoms with Gasteiger partial charge in [-0.25, -0.2) is 0 Å². The number of benzene rings is 2. The predicted molar refractivity (Wildman–Crippen MR) is 97.9 cm³/mol. The van der Waals surface area contributed by atoms with Crippen molar-refractivity contribution in [2.45, 2.75) is 18.6 Å². The first-order valence-corrected chi connectivity index (χ1v) is 8.98. The highest BCUT2D eigenvalue weighted by Crippen LogP contribution is 2.18. The van der Waals surface area contributed by atoms with Gasteiger partial charge in [-0.3, -0.25) is 4.79 Å². The molecule has 1 N–H and O–H groups in total. The molecule has 0 aliphatic carbocycles. The van der Waals surface area contributed by atoms with E-state index in [4.69, 9.17) is 11.6 Å². The molecule has 6 nitrogen and oxygen atoms in total. The van der Waals surface area contributed by atoms with Crippen LogP contribution < -0.4 is 5.32 Å². The average molecular weight is 374 g/mol. The molecule has 1 heterocycles. The number of thioether (sulfide) groups is 1. The van der Waals surface area contributed by atoms with E-state index in [2.05, 4.69) is 20.8 Å². The minimum absolute atomic E-state index is 0.108. The molecule has 128 valence electrons. The molecule has 0 unspecified atom stereocenters. The van der Waals surface area contributed by atoms with Crippen molar-refractivity contribution in [3.63, 3.8) is 0 Å². The minimum Gasteiger partial charge on any atom is -0.351 e. The van der Waals surface area contributed by atoms with Gasteiger partial charge in [0, 0.05) is 11.6 Å². The van der Waals surface area contributed by atoms with Crippen molar-refractivity contribution >= 4 is 29.3 Å². The van der Waals surface area contributed by atoms with Gasteiger partial charge >= 0.3 is 0 Å². The first-order valence-electron chi connectivity index (χ1n) is 7.62. The summed E-state index contributed by atoms with van der Waals surface area (Å²) < 4.78 is 1.62. The van der Waals surface area contributed by atoms with Crippen LogP contribution in [0.2, 0.25) is 5.02 Å². The van der Waals surface area contributed by atoms with Gasteiger partial charge in [0.05, 0.1) is 11.4 Å². The number of halogens is 1. The molecule has 0 bridgehead atoms. The van der Waals surface area contributed by atoms with Crippen molar-refractivity contribution in [2.24, 2.45) is 0 Å². The van der Waals surface area contributed by atoms with Crippen LogP contribution in [0, 0.1) is 6.92 Å². The van der Waals surface area contributed by atoms with Crippen LogP contribution in [0.25, 0.3) is 5.69 Å². The summed E-state index contributed by atoms with van der Waals surface area (Å²) in [5, 5.41) is 15.7. The second kappa shape index (κ2) is 8.13. The molecular formula is C17H16ClN5OS. The monoisotopic (exact) mass is 373 g/mol. The van der Waals surface area contributed by atoms with Gasteiger partial charge < -0.3 is 5.32 Å². The summed E-state index contributed by atoms with van der Waals surface area (Å²) in [5.41, 5.74) is 2.89. The molecule has 0 saturated heterocycles. The van der Waals surface area contributed by atoms with Crippen LogP contribution in [0.3, 0.4) is 0 Å². The molecule has 1 amide bonds. The van der Waals surface area contributed by atoms with Crippen LogP contribution in [0.1, 0.15) is 11.1 Å². The number of nitrogens with one attached hydrogen (secondary N) is 1. The summed E-state index contributed by atoms with van der Waals surface area (Å²) in [6, 6.07) is 15.3. The predicted octanol–water partition coefficient (Wildman–Crippen LogP) is 3.03. The standard InChI is InChI=1S/C17H16ClN5OS/c1-12-6-8-14(9-7-12)23-17(20-21-22-23)25-11-16(24)19-10-13-4-2-3-5-15(13)18/h2-9H,10-11H2,1H3,(H,19,24). The molecule has 0 aliphatic heterocycles. The summed E-state index contributed by atoms with van der Waals surface area (Å²) in [4.78, 5) is 12.1. The highest BCUT2D eigenvalue weighted by atomic mass is 35.5. The van der Waals surface area contributed by atoms with Crippen molar-refractivity contribution in [1.29, 1.82) is 0 Å². The third kappa shape index (κ3) is 4.58. The number of hydrogen-bond acceptors (Lipinski definition) is 5. The lowest BCUT2D eigenvalue weighted by Crippen LogP contribution is -2.24. The highest BCUT2D eigenvalue weighted by molar-refractivity contribution is 7.99. The first-order chi connectivity index (χ1) is 12.1. The summed E-state index contributed by atoms with van der Waals surface area (Å²) in [7, 11) is 0. The van der Waals surface area contributed by atoms with Gasteiger partial charge in [-0.05, 0) is 41.1 Å². The molecule has 0 aliphatic rings. The fourth-order valence-electron chi connectivity index (χ4n) is 2.13. The maximum absolute atomic E-state index is 12.1. The molecule has 25 heavy (non-hydrogen) atoms. The Labute approximate surface area is 154 Å². The van der Waals surface area contributed by atoms with Gasteiger partial charge in [0.15, 0.2) is 0 Å². The summed E-state index contributed by atoms with van der Waals surface area (Å²) in [6.07, 6.45) is 0. The van der Waals surface area contributed by atoms with Crippen LogP contribution in [0.15, 0.2) is 53.7 Å². The third-order valence-electron chi connectivity index (χ3n) is 3.49. The Morgan fingerprint density at radius 2 is 1.96 bits per heavy atom. The maximum Gasteiger partial charge on any atom is 0.230 e. The van der Waals surface area contributed by atoms with E-state index in [9.17, 15) is 4.79 Å². The number of carbonyl (C=O) groups is 1. The maximum atomic E-state index is 12.1. The number of amides is 1. The average Bonchev–Trinajstić information content (AvgIpc) is 3.08. The van der Waals surface area contributed by atoms with Gasteiger partial charge in [0.25, 0.3) is 0 Å². The molecule has 1 aromatic heterocycles. The van der Waals surface area contributed by atoms with E-state index in [1.807, 2.05) is 49.4 Å². The van der Waals surface area contributed by atoms with Gasteiger partial charge in [-0.2, -0.15) is 4.68 Å². The van der Waals surface area contributed by atoms with Crippen molar-refractivity contribution in [3.8, 4) is 5.69 Å². The number of tetrazole rings is 1. The van der Waals surface area contributed by atoms with Crippen LogP contribution in [0.4, 0.5) is 0 Å². The lowest BCUT2D eigenvalue weighted by Gasteiger charge is -2.07. The van der Waals surface area contributed by atoms with Crippen LogP contribution in [-0.2, 0) is 11.3 Å². The lowest BCUT2D eigenvalue weighted by molar-refractivity contribution is -0.118. The number of rotatable bonds is 6. The number of aryl methyl sites for hydroxylation is 1. The molecule has 0 saturated carbocycles. The van der Waals surface area contributed by atoms with Crippen molar-refractivity contribution in [2.75, 3.05) is 5.75 Å². The van der Waals surface area contributed by atoms with Crippen molar-refractivity contribution < 1.29 is 4.79 Å². The van der Waals surface area contributed by atoms with E-state index < -0.39 is 0 Å². The Balaban J connectivity index is 1.57. The van der Waals surface area contributed by atoms with E-state index in [0.717, 1.165) is 16.8 Å². The quantitative estimate of drug-likeness (QED) is 0.672. The summed E-state index contributed by atoms with van der Waals surface area (Å²) in [6.45, 7) is 2.41. The molecule has 0 atom stereocenters. The normalized spacial score (nSPS) is 10.6. The first kappa shape index (κ1) is 17.4. The molecular weight excluding hydrogens is 358 g/mol. The summed E-state index contributed by atoms with van der Waals surface area (Å²) >= 11 is 7.36. The van der Waals surface area contributed by atoms with Gasteiger partial charge in [0.2, 0.25) is 11.1 Å². The van der Waals surface area contributed by atoms with E-state index in [1.165, 1.54) is 11.8 Å². The Morgan fingerprint density at radius 1 is 1.20 bits per heavy atom. The zero-order valence-electron chi connectivity index (χ0n) is 13.5. The van der Waals surface area contributed by atoms with Crippen LogP contribution in [-0.4, -0.2) is 31.9 Å². The second-order valence-electron chi connectivity index (χ2n) is 5.37. The minimum atomic E-state index is -0.108. The van der Waals surface area contributed by atoms with Crippen molar-refractivity contribution in [1.82, 2.24) is 25.5 Å². The Hall–Kier alpha value is -2.38. The van der Waals surface area contributed by atoms with E-state index in [0.29, 0.717) is 16.7 Å². The number of nitrogens with zero attached hydrogens (tertiary/aromatic N) is 4. The Kier molecular flexibility index (Phi) is 5.67. The Bertz CT molecular complexity index is 865. The molecule has 3 rings (SSSR count). The fourth-order valence-corrected chi connectivity index (χ4v) is 3.06. The molecule has 0 radical (unpaired) electrons. The SMILES string of the molecule is Cc1ccc(-n2nnnc2SCC(=O)NCc2ccccc2Cl)cc1. The topological polar surface area (TPSA) is 72.7 Å². The molecule has 3 aromatic rings. The summed E-state index contributed by atoms with van der Waals surface area (Å²) in [5.74, 6) is 0.111. The smallest absolute Gasteiger partial charge is 0.230 e. The number of carbonyl (C=O) groups excluding carboxylic acids is 1. The van der Waals surface area contributed by atoms with E-state index in [-0.39, 0.29) is 11.7 Å². The van der Waals surface area contributed by atoms with E-state index in [1.54, 1.807) is 10.7 Å². The molecule has 8 heteroatoms. The van der Waals surface area contributed by atoms with Crippen LogP contribution >= 0.6 is 23.4 Å². The molecule has 0 fully saturated rings. The third-order valence-corrected chi connectivity index (χ3v) is 4.77. The van der Waals surface area contributed by atoms with Gasteiger partial charge in [-0.1, -0.05) is 59.3 Å². The van der Waals surface area contributed by atoms with E-state index >= 15 is 0 Å². The van der Waals surface area contributed by atoms with Crippen LogP contribution in [0.5, 0.6) is 0 Å². The number of aromatic nitrogens is 4. The largest absolute Gasteiger partial charge is 0.351 e. The molecule has 2 aromatic carbocycles. The second-order valence-corrected chi connectivity index (χ2v) is 6.72. The van der Waals surface area contributed by atoms with Gasteiger partial charge in [0.1, 0.15) is 0 Å². The highest BCUT2D eigenvalue weighted by Gasteiger charge is 2.11. The van der Waals surface area contributed by atoms with Crippen molar-refractivity contribution in [3.05, 3.63) is 64.7 Å². The zero-order chi connectivity index (χ0) is 17.6. The number of hydrogen-bond donors (Lipinski definition) is 1.